The third kappa shape index (κ3) is 14.7. The minimum Gasteiger partial charge on any atom is -0.466 e. The van der Waals surface area contributed by atoms with Crippen molar-refractivity contribution < 1.29 is 56.5 Å². The van der Waals surface area contributed by atoms with E-state index in [0.717, 1.165) is 25.0 Å². The molecule has 1 unspecified atom stereocenters. The van der Waals surface area contributed by atoms with Crippen LogP contribution >= 0.6 is 11.8 Å². The van der Waals surface area contributed by atoms with Gasteiger partial charge in [0, 0.05) is 54.8 Å². The molecule has 4 aliphatic heterocycles. The van der Waals surface area contributed by atoms with Crippen LogP contribution in [0.15, 0.2) is 17.1 Å². The van der Waals surface area contributed by atoms with Crippen LogP contribution in [0.25, 0.3) is 6.08 Å². The van der Waals surface area contributed by atoms with Gasteiger partial charge in [0.15, 0.2) is 12.0 Å². The van der Waals surface area contributed by atoms with E-state index in [-0.39, 0.29) is 59.9 Å². The van der Waals surface area contributed by atoms with Crippen LogP contribution in [0.3, 0.4) is 0 Å². The summed E-state index contributed by atoms with van der Waals surface area (Å²) in [6, 6.07) is 0.327. The maximum Gasteiger partial charge on any atom is 0.351 e. The van der Waals surface area contributed by atoms with Gasteiger partial charge in [-0.3, -0.25) is 14.2 Å². The molecule has 1 aromatic heterocycles. The maximum atomic E-state index is 13.2. The molecule has 6 N–H and O–H groups in total. The zero-order valence-corrected chi connectivity index (χ0v) is 41.8. The topological polar surface area (TPSA) is 251 Å². The Kier molecular flexibility index (Phi) is 19.5. The van der Waals surface area contributed by atoms with Gasteiger partial charge in [-0.2, -0.15) is 16.7 Å². The number of carbonyl (C=O) groups excluding carboxylic acids is 4. The Labute approximate surface area is 393 Å². The molecule has 5 rings (SSSR count). The highest BCUT2D eigenvalue weighted by Crippen LogP contribution is 2.45. The van der Waals surface area contributed by atoms with E-state index in [1.165, 1.54) is 30.0 Å². The fourth-order valence-corrected chi connectivity index (χ4v) is 14.2. The normalized spacial score (nSPS) is 24.7. The van der Waals surface area contributed by atoms with Gasteiger partial charge < -0.3 is 64.3 Å². The summed E-state index contributed by atoms with van der Waals surface area (Å²) >= 11 is 1.88. The van der Waals surface area contributed by atoms with Gasteiger partial charge in [-0.1, -0.05) is 34.1 Å². The average molecular weight is 968 g/mol. The quantitative estimate of drug-likeness (QED) is 0.0279. The van der Waals surface area contributed by atoms with E-state index in [4.69, 9.17) is 38.3 Å². The number of nitrogen functional groups attached to an aromatic ring is 1. The number of nitrogens with zero attached hydrogens (tertiary/aromatic N) is 2. The number of carbonyl (C=O) groups is 4. The molecule has 0 spiro atoms. The Balaban J connectivity index is 0.995. The number of hydrogen-bond acceptors (Lipinski definition) is 16. The molecule has 1 aromatic rings. The number of aromatic nitrogens is 2. The summed E-state index contributed by atoms with van der Waals surface area (Å²) in [6.45, 7) is 18.1. The molecule has 66 heavy (non-hydrogen) atoms. The van der Waals surface area contributed by atoms with Gasteiger partial charge in [0.1, 0.15) is 24.1 Å². The second kappa shape index (κ2) is 24.1. The molecular formula is C44H73N7O13SSi. The van der Waals surface area contributed by atoms with E-state index in [0.29, 0.717) is 63.2 Å². The minimum absolute atomic E-state index is 0.00309. The number of nitrogens with two attached hydrogens (primary N) is 1. The Morgan fingerprint density at radius 3 is 2.30 bits per heavy atom. The molecule has 0 aliphatic carbocycles. The molecule has 0 aromatic carbocycles. The molecule has 20 nitrogen and oxygen atoms in total. The maximum absolute atomic E-state index is 13.2. The molecule has 4 aliphatic rings. The third-order valence-electron chi connectivity index (χ3n) is 12.1. The molecule has 4 saturated heterocycles. The first kappa shape index (κ1) is 53.3. The van der Waals surface area contributed by atoms with Gasteiger partial charge in [0.05, 0.1) is 57.8 Å². The highest BCUT2D eigenvalue weighted by molar-refractivity contribution is 8.00. The lowest BCUT2D eigenvalue weighted by Gasteiger charge is -2.44. The second-order valence-electron chi connectivity index (χ2n) is 18.8. The number of amides is 4. The summed E-state index contributed by atoms with van der Waals surface area (Å²) in [5, 5.41) is 12.2. The first-order valence-corrected chi connectivity index (χ1v) is 26.1. The molecule has 0 radical (unpaired) electrons. The van der Waals surface area contributed by atoms with Crippen LogP contribution < -0.4 is 32.7 Å². The van der Waals surface area contributed by atoms with Crippen LogP contribution in [0, 0.1) is 0 Å². The fraction of sp³-hybridized carbons (Fsp3) is 0.773. The van der Waals surface area contributed by atoms with Crippen LogP contribution in [-0.2, 0) is 51.7 Å². The predicted molar refractivity (Wildman–Crippen MR) is 250 cm³/mol. The minimum atomic E-state index is -3.06. The molecule has 7 atom stereocenters. The number of hydrogen-bond donors (Lipinski definition) is 5. The van der Waals surface area contributed by atoms with E-state index in [2.05, 4.69) is 58.7 Å². The summed E-state index contributed by atoms with van der Waals surface area (Å²) in [5.41, 5.74) is 4.98. The summed E-state index contributed by atoms with van der Waals surface area (Å²) in [4.78, 5) is 65.6. The number of esters is 1. The molecule has 372 valence electrons. The van der Waals surface area contributed by atoms with Crippen molar-refractivity contribution in [2.75, 3.05) is 64.7 Å². The van der Waals surface area contributed by atoms with Crippen molar-refractivity contribution in [3.63, 3.8) is 0 Å². The number of anilines is 1. The standard InChI is InChI=1S/C44H73N7O13SSi/c1-27(2)66(28(3)4,60-25-31-37-38(63-44(7,8)62-37)40(61-31)51-24-29(14-15-35(54)57-9)39(45)50-42(51)56)64-43(5,6)17-16-34(53)47-19-21-59-23-22-58-20-18-46-33(52)13-11-10-12-32-36-30(26-65-32)48-41(55)49-36/h14-15,24,27-28,30-32,36-38,40H,10-13,16-23,25-26H2,1-9H3,(H,46,52)(H,47,53)(H2,45,50,56)(H2,48,49,55)/t30-,31-,32+,36-,37+,38+,40?/m1/s1. The van der Waals surface area contributed by atoms with Crippen molar-refractivity contribution in [3.05, 3.63) is 28.3 Å². The molecule has 4 fully saturated rings. The van der Waals surface area contributed by atoms with Crippen molar-refractivity contribution in [3.8, 4) is 0 Å². The molecule has 0 bridgehead atoms. The van der Waals surface area contributed by atoms with Crippen molar-refractivity contribution >= 4 is 56.0 Å². The zero-order valence-electron chi connectivity index (χ0n) is 40.0. The van der Waals surface area contributed by atoms with E-state index in [1.807, 2.05) is 25.6 Å². The summed E-state index contributed by atoms with van der Waals surface area (Å²) in [7, 11) is -1.80. The number of unbranched alkanes of at least 4 members (excludes halogenated alkanes) is 1. The van der Waals surface area contributed by atoms with Crippen molar-refractivity contribution in [2.24, 2.45) is 0 Å². The number of ether oxygens (including phenoxy) is 6. The molecule has 0 saturated carbocycles. The molecule has 5 heterocycles. The van der Waals surface area contributed by atoms with Crippen molar-refractivity contribution in [2.45, 2.75) is 158 Å². The highest BCUT2D eigenvalue weighted by Gasteiger charge is 2.58. The predicted octanol–water partition coefficient (Wildman–Crippen LogP) is 3.27. The fourth-order valence-electron chi connectivity index (χ4n) is 8.72. The number of nitrogens with one attached hydrogen (secondary N) is 4. The van der Waals surface area contributed by atoms with E-state index >= 15 is 0 Å². The van der Waals surface area contributed by atoms with Crippen molar-refractivity contribution in [1.82, 2.24) is 30.8 Å². The van der Waals surface area contributed by atoms with Crippen LogP contribution in [0.4, 0.5) is 10.6 Å². The lowest BCUT2D eigenvalue weighted by atomic mass is 10.0. The number of urea groups is 1. The van der Waals surface area contributed by atoms with Gasteiger partial charge in [-0.25, -0.2) is 14.4 Å². The zero-order chi connectivity index (χ0) is 48.2. The van der Waals surface area contributed by atoms with E-state index < -0.39 is 56.1 Å². The highest BCUT2D eigenvalue weighted by atomic mass is 32.2. The van der Waals surface area contributed by atoms with Crippen LogP contribution in [-0.4, -0.2) is 148 Å². The van der Waals surface area contributed by atoms with Gasteiger partial charge in [-0.05, 0) is 64.1 Å². The largest absolute Gasteiger partial charge is 0.466 e. The second-order valence-corrected chi connectivity index (χ2v) is 24.3. The van der Waals surface area contributed by atoms with Gasteiger partial charge in [0.2, 0.25) is 11.8 Å². The summed E-state index contributed by atoms with van der Waals surface area (Å²) < 4.78 is 50.2. The van der Waals surface area contributed by atoms with Crippen LogP contribution in [0.2, 0.25) is 11.1 Å². The molecule has 22 heteroatoms. The first-order chi connectivity index (χ1) is 31.2. The Hall–Kier alpha value is -3.61. The lowest BCUT2D eigenvalue weighted by molar-refractivity contribution is -0.200. The summed E-state index contributed by atoms with van der Waals surface area (Å²) in [5.74, 6) is -0.814. The number of rotatable bonds is 27. The Morgan fingerprint density at radius 1 is 1.00 bits per heavy atom. The van der Waals surface area contributed by atoms with Crippen molar-refractivity contribution in [1.29, 1.82) is 0 Å². The molecule has 4 amide bonds. The molecular weight excluding hydrogens is 895 g/mol. The van der Waals surface area contributed by atoms with Gasteiger partial charge >= 0.3 is 26.3 Å². The van der Waals surface area contributed by atoms with E-state index in [9.17, 15) is 24.0 Å². The lowest BCUT2D eigenvalue weighted by Crippen LogP contribution is -2.55. The van der Waals surface area contributed by atoms with Gasteiger partial charge in [0.25, 0.3) is 0 Å². The SMILES string of the molecule is COC(=O)C=Cc1cn(C2O[C@H](CO[Si](OC(C)(C)CCC(=O)NCCOCCOCCNC(=O)CCCC[C@@H]3SC[C@H]4NC(=O)N[C@@H]34)(C(C)C)C(C)C)[C@@H]3OC(C)(C)O[C@H]23)c(=O)nc1N. The van der Waals surface area contributed by atoms with E-state index in [1.54, 1.807) is 13.8 Å². The van der Waals surface area contributed by atoms with Gasteiger partial charge in [-0.15, -0.1) is 0 Å². The van der Waals surface area contributed by atoms with Crippen LogP contribution in [0.1, 0.15) is 106 Å². The van der Waals surface area contributed by atoms with Crippen LogP contribution in [0.5, 0.6) is 0 Å². The smallest absolute Gasteiger partial charge is 0.351 e. The summed E-state index contributed by atoms with van der Waals surface area (Å²) in [6.07, 6.45) is 5.05. The number of thioether (sulfide) groups is 1. The Morgan fingerprint density at radius 2 is 1.65 bits per heavy atom. The monoisotopic (exact) mass is 967 g/mol. The Bertz CT molecular complexity index is 1890. The first-order valence-electron chi connectivity index (χ1n) is 23.1. The number of methoxy groups -OCH3 is 1. The third-order valence-corrected chi connectivity index (χ3v) is 18.3. The average Bonchev–Trinajstić information content (AvgIpc) is 3.99. The number of fused-ring (bicyclic) bond motifs is 2.